The number of nitrogens with one attached hydrogen (secondary N) is 1. The molecule has 11 nitrogen and oxygen atoms in total. The quantitative estimate of drug-likeness (QED) is 0.409. The number of carboxylic acid groups (broad SMARTS) is 1. The van der Waals surface area contributed by atoms with Crippen molar-refractivity contribution in [2.75, 3.05) is 51.2 Å². The Morgan fingerprint density at radius 1 is 1.02 bits per heavy atom. The third kappa shape index (κ3) is 7.10. The highest BCUT2D eigenvalue weighted by atomic mass is 16.5. The second kappa shape index (κ2) is 12.8. The molecule has 1 unspecified atom stereocenters. The number of carbonyl (C=O) groups is 3. The Bertz CT molecular complexity index is 1420. The van der Waals surface area contributed by atoms with E-state index in [1.807, 2.05) is 66.7 Å². The number of H-pyrrole nitrogens is 1. The average molecular weight is 589 g/mol. The molecule has 5 rings (SSSR count). The van der Waals surface area contributed by atoms with Crippen LogP contribution in [-0.2, 0) is 16.1 Å². The van der Waals surface area contributed by atoms with Crippen molar-refractivity contribution in [3.63, 3.8) is 0 Å². The molecule has 43 heavy (non-hydrogen) atoms. The van der Waals surface area contributed by atoms with E-state index in [2.05, 4.69) is 15.1 Å². The van der Waals surface area contributed by atoms with Gasteiger partial charge in [-0.15, -0.1) is 0 Å². The van der Waals surface area contributed by atoms with Gasteiger partial charge in [0.25, 0.3) is 5.91 Å². The Labute approximate surface area is 252 Å². The van der Waals surface area contributed by atoms with Crippen LogP contribution in [0.1, 0.15) is 32.3 Å². The second-order valence-electron chi connectivity index (χ2n) is 11.8. The molecule has 2 aliphatic rings. The summed E-state index contributed by atoms with van der Waals surface area (Å²) in [4.78, 5) is 44.9. The number of hydrogen-bond donors (Lipinski definition) is 2. The van der Waals surface area contributed by atoms with Gasteiger partial charge in [-0.1, -0.05) is 30.3 Å². The van der Waals surface area contributed by atoms with Crippen molar-refractivity contribution in [3.8, 4) is 16.9 Å². The fourth-order valence-corrected chi connectivity index (χ4v) is 5.85. The molecule has 2 aromatic carbocycles. The van der Waals surface area contributed by atoms with E-state index < -0.39 is 11.7 Å². The van der Waals surface area contributed by atoms with Crippen LogP contribution < -0.4 is 9.64 Å². The zero-order valence-corrected chi connectivity index (χ0v) is 25.0. The van der Waals surface area contributed by atoms with Gasteiger partial charge in [0.1, 0.15) is 5.75 Å². The first-order valence-electron chi connectivity index (χ1n) is 14.7. The lowest BCUT2D eigenvalue weighted by Gasteiger charge is -2.38. The molecule has 1 atom stereocenters. The highest BCUT2D eigenvalue weighted by Crippen LogP contribution is 2.30. The lowest BCUT2D eigenvalue weighted by Crippen LogP contribution is -2.56. The molecule has 3 aromatic rings. The van der Waals surface area contributed by atoms with Crippen LogP contribution in [0.4, 0.5) is 10.5 Å². The Morgan fingerprint density at radius 2 is 1.74 bits per heavy atom. The molecule has 0 bridgehead atoms. The minimum Gasteiger partial charge on any atom is -0.478 e. The van der Waals surface area contributed by atoms with Gasteiger partial charge in [0.2, 0.25) is 5.91 Å². The molecule has 1 aromatic heterocycles. The van der Waals surface area contributed by atoms with Crippen LogP contribution in [0.2, 0.25) is 0 Å². The van der Waals surface area contributed by atoms with Crippen LogP contribution in [0, 0.1) is 5.92 Å². The number of amides is 3. The third-order valence-electron chi connectivity index (χ3n) is 8.26. The zero-order chi connectivity index (χ0) is 30.6. The van der Waals surface area contributed by atoms with E-state index in [0.717, 1.165) is 41.8 Å². The van der Waals surface area contributed by atoms with E-state index in [1.54, 1.807) is 24.9 Å². The number of nitrogens with zero attached hydrogens (tertiary/aromatic N) is 5. The van der Waals surface area contributed by atoms with Crippen molar-refractivity contribution >= 4 is 23.6 Å². The summed E-state index contributed by atoms with van der Waals surface area (Å²) < 4.78 is 6.21. The largest absolute Gasteiger partial charge is 0.478 e. The molecule has 11 heteroatoms. The maximum absolute atomic E-state index is 13.5. The predicted octanol–water partition coefficient (Wildman–Crippen LogP) is 3.93. The van der Waals surface area contributed by atoms with Crippen molar-refractivity contribution in [1.82, 2.24) is 24.9 Å². The lowest BCUT2D eigenvalue weighted by molar-refractivity contribution is -0.147. The molecular formula is C32H40N6O5. The molecule has 2 fully saturated rings. The highest BCUT2D eigenvalue weighted by Gasteiger charge is 2.36. The van der Waals surface area contributed by atoms with Crippen LogP contribution in [0.3, 0.4) is 0 Å². The number of piperazine rings is 1. The maximum Gasteiger partial charge on any atom is 0.407 e. The summed E-state index contributed by atoms with van der Waals surface area (Å²) in [5.41, 5.74) is 3.00. The monoisotopic (exact) mass is 588 g/mol. The Hall–Kier alpha value is -4.54. The van der Waals surface area contributed by atoms with Gasteiger partial charge in [0, 0.05) is 76.4 Å². The van der Waals surface area contributed by atoms with Crippen molar-refractivity contribution in [3.05, 3.63) is 66.5 Å². The van der Waals surface area contributed by atoms with Gasteiger partial charge in [-0.3, -0.25) is 14.7 Å². The van der Waals surface area contributed by atoms with E-state index in [9.17, 15) is 19.5 Å². The Kier molecular flexibility index (Phi) is 8.89. The number of rotatable bonds is 8. The molecule has 0 radical (unpaired) electrons. The first-order valence-corrected chi connectivity index (χ1v) is 14.7. The minimum absolute atomic E-state index is 0.115. The fraction of sp³-hybridized carbons (Fsp3) is 0.438. The van der Waals surface area contributed by atoms with E-state index >= 15 is 0 Å². The first kappa shape index (κ1) is 29.9. The predicted molar refractivity (Wildman–Crippen MR) is 163 cm³/mol. The normalized spacial score (nSPS) is 17.5. The topological polar surface area (TPSA) is 122 Å². The van der Waals surface area contributed by atoms with Gasteiger partial charge in [0.05, 0.1) is 12.1 Å². The van der Waals surface area contributed by atoms with E-state index in [1.165, 1.54) is 4.90 Å². The minimum atomic E-state index is -1.12. The van der Waals surface area contributed by atoms with Crippen molar-refractivity contribution < 1.29 is 24.2 Å². The van der Waals surface area contributed by atoms with Crippen molar-refractivity contribution in [2.24, 2.45) is 5.92 Å². The molecular weight excluding hydrogens is 548 g/mol. The van der Waals surface area contributed by atoms with Crippen LogP contribution >= 0.6 is 0 Å². The summed E-state index contributed by atoms with van der Waals surface area (Å²) in [6, 6.07) is 15.9. The number of ether oxygens (including phenoxy) is 1. The second-order valence-corrected chi connectivity index (χ2v) is 11.8. The molecule has 0 spiro atoms. The van der Waals surface area contributed by atoms with Crippen LogP contribution in [0.5, 0.6) is 5.75 Å². The number of benzene rings is 2. The molecule has 3 amide bonds. The summed E-state index contributed by atoms with van der Waals surface area (Å²) in [6.45, 7) is 6.72. The molecule has 2 saturated heterocycles. The summed E-state index contributed by atoms with van der Waals surface area (Å²) in [6.07, 6.45) is 4.42. The molecule has 2 N–H and O–H groups in total. The van der Waals surface area contributed by atoms with Gasteiger partial charge >= 0.3 is 6.09 Å². The van der Waals surface area contributed by atoms with Crippen LogP contribution in [0.15, 0.2) is 60.9 Å². The standard InChI is InChI=1S/C32H40N6O5/c1-32(2,30(40)36-14-16-37(17-15-36)31(41)42)43-28-8-4-7-27(18-28)38-13-5-6-25(22-38)29(39)35(3)21-23-9-11-24(12-10-23)26-19-33-34-20-26/h4,7-12,18-20,25H,5-6,13-17,21-22H2,1-3H3,(H,33,34)(H,41,42). The van der Waals surface area contributed by atoms with Gasteiger partial charge < -0.3 is 29.4 Å². The molecule has 0 aliphatic carbocycles. The van der Waals surface area contributed by atoms with E-state index in [0.29, 0.717) is 31.9 Å². The summed E-state index contributed by atoms with van der Waals surface area (Å²) in [7, 11) is 1.86. The number of aromatic amines is 1. The molecule has 0 saturated carbocycles. The number of piperidine rings is 1. The van der Waals surface area contributed by atoms with E-state index in [4.69, 9.17) is 4.74 Å². The molecule has 2 aliphatic heterocycles. The third-order valence-corrected chi connectivity index (χ3v) is 8.26. The van der Waals surface area contributed by atoms with Crippen molar-refractivity contribution in [1.29, 1.82) is 0 Å². The Morgan fingerprint density at radius 3 is 2.42 bits per heavy atom. The number of anilines is 1. The summed E-state index contributed by atoms with van der Waals surface area (Å²) in [5, 5.41) is 16.0. The zero-order valence-electron chi connectivity index (χ0n) is 25.0. The molecule has 3 heterocycles. The number of carbonyl (C=O) groups excluding carboxylic acids is 2. The van der Waals surface area contributed by atoms with Gasteiger partial charge in [-0.25, -0.2) is 4.79 Å². The summed E-state index contributed by atoms with van der Waals surface area (Å²) in [5.74, 6) is 0.414. The lowest BCUT2D eigenvalue weighted by atomic mass is 9.95. The Balaban J connectivity index is 1.17. The van der Waals surface area contributed by atoms with Gasteiger partial charge in [-0.2, -0.15) is 5.10 Å². The summed E-state index contributed by atoms with van der Waals surface area (Å²) >= 11 is 0. The smallest absolute Gasteiger partial charge is 0.407 e. The molecule has 228 valence electrons. The fourth-order valence-electron chi connectivity index (χ4n) is 5.85. The number of aromatic nitrogens is 2. The van der Waals surface area contributed by atoms with Crippen LogP contribution in [0.25, 0.3) is 11.1 Å². The van der Waals surface area contributed by atoms with Gasteiger partial charge in [-0.05, 0) is 49.9 Å². The average Bonchev–Trinajstić information content (AvgIpc) is 3.56. The number of hydrogen-bond acceptors (Lipinski definition) is 6. The van der Waals surface area contributed by atoms with Crippen LogP contribution in [-0.4, -0.2) is 99.8 Å². The highest BCUT2D eigenvalue weighted by molar-refractivity contribution is 5.85. The van der Waals surface area contributed by atoms with Crippen molar-refractivity contribution in [2.45, 2.75) is 38.8 Å². The first-order chi connectivity index (χ1) is 20.6. The van der Waals surface area contributed by atoms with Gasteiger partial charge in [0.15, 0.2) is 5.60 Å². The van der Waals surface area contributed by atoms with E-state index in [-0.39, 0.29) is 30.8 Å². The SMILES string of the molecule is CN(Cc1ccc(-c2cn[nH]c2)cc1)C(=O)C1CCCN(c2cccc(OC(C)(C)C(=O)N3CCN(C(=O)O)CC3)c2)C1. The maximum atomic E-state index is 13.5.